The van der Waals surface area contributed by atoms with Crippen LogP contribution in [0.4, 0.5) is 0 Å². The van der Waals surface area contributed by atoms with E-state index in [9.17, 15) is 13.2 Å². The number of pyridine rings is 1. The Morgan fingerprint density at radius 1 is 1.44 bits per heavy atom. The molecule has 0 saturated heterocycles. The minimum Gasteiger partial charge on any atom is -0.326 e. The van der Waals surface area contributed by atoms with Crippen molar-refractivity contribution in [2.45, 2.75) is 11.4 Å². The van der Waals surface area contributed by atoms with E-state index in [1.807, 2.05) is 0 Å². The lowest BCUT2D eigenvalue weighted by atomic mass is 10.5. The molecule has 0 aromatic carbocycles. The monoisotopic (exact) mass is 290 g/mol. The summed E-state index contributed by atoms with van der Waals surface area (Å²) in [5.74, 6) is 0.189. The van der Waals surface area contributed by atoms with E-state index in [4.69, 9.17) is 11.6 Å². The van der Waals surface area contributed by atoms with E-state index in [0.717, 1.165) is 12.3 Å². The Bertz CT molecular complexity index is 694. The van der Waals surface area contributed by atoms with Gasteiger partial charge >= 0.3 is 0 Å². The third kappa shape index (κ3) is 2.72. The van der Waals surface area contributed by atoms with Gasteiger partial charge < -0.3 is 4.98 Å². The minimum atomic E-state index is -3.80. The maximum absolute atomic E-state index is 11.8. The Hall–Kier alpha value is -1.78. The van der Waals surface area contributed by atoms with E-state index in [2.05, 4.69) is 30.3 Å². The third-order valence-electron chi connectivity index (χ3n) is 1.95. The highest BCUT2D eigenvalue weighted by atomic mass is 35.5. The molecule has 0 aliphatic rings. The molecular formula is C7H7ClN6O3S. The van der Waals surface area contributed by atoms with E-state index >= 15 is 0 Å². The van der Waals surface area contributed by atoms with Crippen LogP contribution in [0.15, 0.2) is 22.0 Å². The van der Waals surface area contributed by atoms with Gasteiger partial charge in [0.05, 0.1) is 11.4 Å². The fourth-order valence-electron chi connectivity index (χ4n) is 1.09. The number of H-pyrrole nitrogens is 2. The molecule has 2 rings (SSSR count). The van der Waals surface area contributed by atoms with Gasteiger partial charge in [-0.25, -0.2) is 13.1 Å². The van der Waals surface area contributed by atoms with Gasteiger partial charge in [0.2, 0.25) is 10.0 Å². The van der Waals surface area contributed by atoms with Crippen LogP contribution in [0.5, 0.6) is 0 Å². The number of nitrogens with one attached hydrogen (secondary N) is 3. The molecule has 0 spiro atoms. The summed E-state index contributed by atoms with van der Waals surface area (Å²) in [5, 5.41) is 12.4. The molecule has 2 heterocycles. The number of halogens is 1. The quantitative estimate of drug-likeness (QED) is 0.662. The van der Waals surface area contributed by atoms with Crippen molar-refractivity contribution in [3.63, 3.8) is 0 Å². The van der Waals surface area contributed by atoms with Crippen LogP contribution in [0.25, 0.3) is 0 Å². The first-order valence-corrected chi connectivity index (χ1v) is 6.45. The van der Waals surface area contributed by atoms with Gasteiger partial charge in [-0.05, 0) is 6.07 Å². The normalized spacial score (nSPS) is 11.6. The van der Waals surface area contributed by atoms with Gasteiger partial charge in [0.15, 0.2) is 5.82 Å². The van der Waals surface area contributed by atoms with Crippen molar-refractivity contribution >= 4 is 21.6 Å². The first-order chi connectivity index (χ1) is 8.49. The van der Waals surface area contributed by atoms with Crippen molar-refractivity contribution in [2.75, 3.05) is 0 Å². The average molecular weight is 291 g/mol. The van der Waals surface area contributed by atoms with Crippen molar-refractivity contribution in [1.29, 1.82) is 0 Å². The highest BCUT2D eigenvalue weighted by molar-refractivity contribution is 7.89. The molecule has 0 fully saturated rings. The summed E-state index contributed by atoms with van der Waals surface area (Å²) in [4.78, 5) is 13.1. The molecule has 0 amide bonds. The third-order valence-corrected chi connectivity index (χ3v) is 3.61. The van der Waals surface area contributed by atoms with Crippen LogP contribution in [-0.4, -0.2) is 34.0 Å². The van der Waals surface area contributed by atoms with Crippen molar-refractivity contribution in [3.8, 4) is 0 Å². The second-order valence-electron chi connectivity index (χ2n) is 3.17. The zero-order valence-electron chi connectivity index (χ0n) is 8.71. The lowest BCUT2D eigenvalue weighted by molar-refractivity contribution is 0.579. The highest BCUT2D eigenvalue weighted by Gasteiger charge is 2.16. The molecule has 0 unspecified atom stereocenters. The summed E-state index contributed by atoms with van der Waals surface area (Å²) in [7, 11) is -3.80. The molecule has 2 aromatic rings. The maximum Gasteiger partial charge on any atom is 0.266 e. The van der Waals surface area contributed by atoms with Gasteiger partial charge in [-0.2, -0.15) is 5.21 Å². The summed E-state index contributed by atoms with van der Waals surface area (Å²) in [6, 6.07) is 1.05. The van der Waals surface area contributed by atoms with Gasteiger partial charge in [-0.1, -0.05) is 16.8 Å². The average Bonchev–Trinajstić information content (AvgIpc) is 2.83. The van der Waals surface area contributed by atoms with Crippen molar-refractivity contribution in [1.82, 2.24) is 30.3 Å². The zero-order valence-corrected chi connectivity index (χ0v) is 10.3. The Labute approximate surface area is 106 Å². The number of aromatic nitrogens is 5. The minimum absolute atomic E-state index is 0.129. The van der Waals surface area contributed by atoms with Gasteiger partial charge in [0.1, 0.15) is 5.02 Å². The van der Waals surface area contributed by atoms with E-state index in [1.54, 1.807) is 0 Å². The topological polar surface area (TPSA) is 133 Å². The van der Waals surface area contributed by atoms with Crippen LogP contribution in [-0.2, 0) is 16.6 Å². The Balaban J connectivity index is 2.20. The number of nitrogens with zero attached hydrogens (tertiary/aromatic N) is 3. The zero-order chi connectivity index (χ0) is 13.2. The Kier molecular flexibility index (Phi) is 3.41. The molecule has 0 atom stereocenters. The molecule has 0 aliphatic carbocycles. The molecule has 0 radical (unpaired) electrons. The molecule has 11 heteroatoms. The molecule has 0 bridgehead atoms. The van der Waals surface area contributed by atoms with E-state index in [0.29, 0.717) is 0 Å². The molecule has 2 aromatic heterocycles. The van der Waals surface area contributed by atoms with Crippen LogP contribution >= 0.6 is 11.6 Å². The highest BCUT2D eigenvalue weighted by Crippen LogP contribution is 2.10. The van der Waals surface area contributed by atoms with Crippen molar-refractivity contribution in [3.05, 3.63) is 33.5 Å². The molecule has 0 aliphatic heterocycles. The Morgan fingerprint density at radius 2 is 2.22 bits per heavy atom. The summed E-state index contributed by atoms with van der Waals surface area (Å²) in [5.41, 5.74) is -0.561. The number of aromatic amines is 2. The van der Waals surface area contributed by atoms with E-state index in [1.165, 1.54) is 0 Å². The van der Waals surface area contributed by atoms with Crippen LogP contribution in [0.3, 0.4) is 0 Å². The van der Waals surface area contributed by atoms with Gasteiger partial charge in [0.25, 0.3) is 5.56 Å². The summed E-state index contributed by atoms with van der Waals surface area (Å²) < 4.78 is 25.9. The number of sulfonamides is 1. The maximum atomic E-state index is 11.8. The van der Waals surface area contributed by atoms with Gasteiger partial charge in [-0.3, -0.25) is 4.79 Å². The lowest BCUT2D eigenvalue weighted by Crippen LogP contribution is -2.24. The number of hydrogen-bond acceptors (Lipinski definition) is 6. The summed E-state index contributed by atoms with van der Waals surface area (Å²) >= 11 is 5.54. The number of hydrogen-bond donors (Lipinski definition) is 3. The Morgan fingerprint density at radius 3 is 2.83 bits per heavy atom. The SMILES string of the molecule is O=c1[nH]cc(S(=O)(=O)NCc2nn[nH]n2)cc1Cl. The first kappa shape index (κ1) is 12.7. The van der Waals surface area contributed by atoms with Crippen molar-refractivity contribution < 1.29 is 8.42 Å². The van der Waals surface area contributed by atoms with Gasteiger partial charge in [-0.15, -0.1) is 10.2 Å². The molecule has 9 nitrogen and oxygen atoms in total. The smallest absolute Gasteiger partial charge is 0.266 e. The number of rotatable bonds is 4. The standard InChI is InChI=1S/C7H7ClN6O3S/c8-5-1-4(2-9-7(5)15)18(16,17)10-3-6-11-13-14-12-6/h1-2,10H,3H2,(H,9,15)(H,11,12,13,14). The molecule has 96 valence electrons. The van der Waals surface area contributed by atoms with Crippen molar-refractivity contribution in [2.24, 2.45) is 0 Å². The molecule has 3 N–H and O–H groups in total. The predicted octanol–water partition coefficient (Wildman–Crippen LogP) is -0.980. The van der Waals surface area contributed by atoms with Crippen LogP contribution in [0.2, 0.25) is 5.02 Å². The largest absolute Gasteiger partial charge is 0.326 e. The van der Waals surface area contributed by atoms with E-state index in [-0.39, 0.29) is 22.3 Å². The first-order valence-electron chi connectivity index (χ1n) is 4.59. The molecule has 18 heavy (non-hydrogen) atoms. The molecule has 0 saturated carbocycles. The van der Waals surface area contributed by atoms with Crippen LogP contribution < -0.4 is 10.3 Å². The van der Waals surface area contributed by atoms with Crippen LogP contribution in [0.1, 0.15) is 5.82 Å². The summed E-state index contributed by atoms with van der Waals surface area (Å²) in [6.45, 7) is -0.129. The molecular weight excluding hydrogens is 284 g/mol. The van der Waals surface area contributed by atoms with E-state index < -0.39 is 15.6 Å². The second kappa shape index (κ2) is 4.84. The van der Waals surface area contributed by atoms with Gasteiger partial charge in [0, 0.05) is 6.20 Å². The predicted molar refractivity (Wildman–Crippen MR) is 60.3 cm³/mol. The second-order valence-corrected chi connectivity index (χ2v) is 5.34. The fourth-order valence-corrected chi connectivity index (χ4v) is 2.30. The fraction of sp³-hybridized carbons (Fsp3) is 0.143. The van der Waals surface area contributed by atoms with Crippen LogP contribution in [0, 0.1) is 0 Å². The number of tetrazole rings is 1. The lowest BCUT2D eigenvalue weighted by Gasteiger charge is -2.04. The summed E-state index contributed by atoms with van der Waals surface area (Å²) in [6.07, 6.45) is 1.05.